The van der Waals surface area contributed by atoms with Gasteiger partial charge in [-0.25, -0.2) is 23.7 Å². The lowest BCUT2D eigenvalue weighted by Gasteiger charge is -2.07. The number of nitrogens with one attached hydrogen (secondary N) is 1. The van der Waals surface area contributed by atoms with Crippen molar-refractivity contribution < 1.29 is 13.6 Å². The normalized spacial score (nSPS) is 13.6. The van der Waals surface area contributed by atoms with Crippen molar-refractivity contribution in [1.29, 1.82) is 0 Å². The minimum atomic E-state index is -0.717. The van der Waals surface area contributed by atoms with Crippen LogP contribution in [-0.4, -0.2) is 25.3 Å². The van der Waals surface area contributed by atoms with Gasteiger partial charge in [0.05, 0.1) is 11.4 Å². The van der Waals surface area contributed by atoms with E-state index in [0.717, 1.165) is 29.2 Å². The molecule has 3 heterocycles. The van der Waals surface area contributed by atoms with Crippen LogP contribution in [0.4, 0.5) is 14.5 Å². The molecule has 5 rings (SSSR count). The van der Waals surface area contributed by atoms with Crippen LogP contribution in [0.3, 0.4) is 0 Å². The lowest BCUT2D eigenvalue weighted by molar-refractivity contribution is 0.101. The number of aryl methyl sites for hydroxylation is 1. The van der Waals surface area contributed by atoms with Crippen LogP contribution in [0.1, 0.15) is 40.8 Å². The number of nitrogens with zero attached hydrogens (tertiary/aromatic N) is 4. The molecule has 6 nitrogen and oxygen atoms in total. The number of hydrogen-bond donors (Lipinski definition) is 1. The average molecular weight is 405 g/mol. The number of amides is 1. The standard InChI is InChI=1S/C22H17F2N5O/c1-12-20(13-2-3-13)28-19-7-5-16(11-29(12)19)27-22(30)21-25-9-14(10-26-21)17-6-4-15(23)8-18(17)24/h4-11,13H,2-3H2,1H3,(H,27,30). The molecule has 0 aliphatic heterocycles. The van der Waals surface area contributed by atoms with E-state index < -0.39 is 17.5 Å². The van der Waals surface area contributed by atoms with Gasteiger partial charge in [-0.2, -0.15) is 0 Å². The maximum Gasteiger partial charge on any atom is 0.293 e. The number of benzene rings is 1. The van der Waals surface area contributed by atoms with Gasteiger partial charge in [0, 0.05) is 47.4 Å². The number of rotatable bonds is 4. The molecule has 0 saturated heterocycles. The Hall–Kier alpha value is -3.68. The monoisotopic (exact) mass is 405 g/mol. The van der Waals surface area contributed by atoms with Crippen molar-refractivity contribution in [3.8, 4) is 11.1 Å². The molecule has 1 fully saturated rings. The summed E-state index contributed by atoms with van der Waals surface area (Å²) in [7, 11) is 0. The summed E-state index contributed by atoms with van der Waals surface area (Å²) in [6, 6.07) is 6.89. The first-order valence-corrected chi connectivity index (χ1v) is 9.57. The smallest absolute Gasteiger partial charge is 0.293 e. The van der Waals surface area contributed by atoms with Crippen molar-refractivity contribution in [2.75, 3.05) is 5.32 Å². The van der Waals surface area contributed by atoms with Crippen LogP contribution in [0.5, 0.6) is 0 Å². The molecule has 30 heavy (non-hydrogen) atoms. The molecule has 150 valence electrons. The van der Waals surface area contributed by atoms with Crippen LogP contribution >= 0.6 is 0 Å². The fourth-order valence-electron chi connectivity index (χ4n) is 3.49. The number of hydrogen-bond acceptors (Lipinski definition) is 4. The van der Waals surface area contributed by atoms with Gasteiger partial charge in [0.2, 0.25) is 5.82 Å². The zero-order chi connectivity index (χ0) is 20.8. The first-order valence-electron chi connectivity index (χ1n) is 9.57. The lowest BCUT2D eigenvalue weighted by atomic mass is 10.1. The van der Waals surface area contributed by atoms with Crippen molar-refractivity contribution in [2.24, 2.45) is 0 Å². The van der Waals surface area contributed by atoms with E-state index in [2.05, 4.69) is 20.3 Å². The third-order valence-corrected chi connectivity index (χ3v) is 5.21. The lowest BCUT2D eigenvalue weighted by Crippen LogP contribution is -2.15. The second-order valence-corrected chi connectivity index (χ2v) is 7.38. The third-order valence-electron chi connectivity index (χ3n) is 5.21. The molecule has 0 bridgehead atoms. The summed E-state index contributed by atoms with van der Waals surface area (Å²) in [6.07, 6.45) is 6.84. The minimum Gasteiger partial charge on any atom is -0.318 e. The summed E-state index contributed by atoms with van der Waals surface area (Å²) >= 11 is 0. The molecule has 1 saturated carbocycles. The molecule has 8 heteroatoms. The van der Waals surface area contributed by atoms with Crippen molar-refractivity contribution in [1.82, 2.24) is 19.4 Å². The predicted molar refractivity (Wildman–Crippen MR) is 107 cm³/mol. The second kappa shape index (κ2) is 6.98. The van der Waals surface area contributed by atoms with E-state index in [9.17, 15) is 13.6 Å². The second-order valence-electron chi connectivity index (χ2n) is 7.38. The summed E-state index contributed by atoms with van der Waals surface area (Å²) < 4.78 is 29.0. The van der Waals surface area contributed by atoms with E-state index in [1.165, 1.54) is 31.3 Å². The van der Waals surface area contributed by atoms with Crippen LogP contribution in [0.15, 0.2) is 48.9 Å². The molecule has 0 atom stereocenters. The summed E-state index contributed by atoms with van der Waals surface area (Å²) in [5.41, 5.74) is 4.14. The zero-order valence-corrected chi connectivity index (χ0v) is 16.1. The first-order chi connectivity index (χ1) is 14.5. The molecule has 1 aromatic carbocycles. The molecule has 0 radical (unpaired) electrons. The molecule has 4 aromatic rings. The third kappa shape index (κ3) is 3.30. The number of pyridine rings is 1. The van der Waals surface area contributed by atoms with Gasteiger partial charge in [0.1, 0.15) is 17.3 Å². The minimum absolute atomic E-state index is 0.0533. The Morgan fingerprint density at radius 3 is 2.60 bits per heavy atom. The van der Waals surface area contributed by atoms with Gasteiger partial charge in [0.25, 0.3) is 5.91 Å². The Kier molecular flexibility index (Phi) is 4.27. The van der Waals surface area contributed by atoms with Crippen LogP contribution in [0.25, 0.3) is 16.8 Å². The fraction of sp³-hybridized carbons (Fsp3) is 0.182. The number of imidazole rings is 1. The van der Waals surface area contributed by atoms with E-state index in [-0.39, 0.29) is 11.4 Å². The van der Waals surface area contributed by atoms with E-state index in [1.807, 2.05) is 23.6 Å². The SMILES string of the molecule is Cc1c(C2CC2)nc2ccc(NC(=O)c3ncc(-c4ccc(F)cc4F)cn3)cn12. The van der Waals surface area contributed by atoms with E-state index >= 15 is 0 Å². The highest BCUT2D eigenvalue weighted by Crippen LogP contribution is 2.41. The maximum atomic E-state index is 13.9. The van der Waals surface area contributed by atoms with Gasteiger partial charge in [-0.3, -0.25) is 4.79 Å². The molecule has 0 unspecified atom stereocenters. The van der Waals surface area contributed by atoms with Gasteiger partial charge >= 0.3 is 0 Å². The predicted octanol–water partition coefficient (Wildman–Crippen LogP) is 4.51. The number of fused-ring (bicyclic) bond motifs is 1. The van der Waals surface area contributed by atoms with Crippen LogP contribution in [0.2, 0.25) is 0 Å². The summed E-state index contributed by atoms with van der Waals surface area (Å²) in [5.74, 6) is -1.38. The largest absolute Gasteiger partial charge is 0.318 e. The summed E-state index contributed by atoms with van der Waals surface area (Å²) in [5, 5.41) is 2.77. The van der Waals surface area contributed by atoms with E-state index in [4.69, 9.17) is 0 Å². The Morgan fingerprint density at radius 1 is 1.13 bits per heavy atom. The molecule has 1 aliphatic rings. The maximum absolute atomic E-state index is 13.9. The topological polar surface area (TPSA) is 72.2 Å². The summed E-state index contributed by atoms with van der Waals surface area (Å²) in [6.45, 7) is 2.02. The van der Waals surface area contributed by atoms with Crippen LogP contribution in [-0.2, 0) is 0 Å². The quantitative estimate of drug-likeness (QED) is 0.542. The number of anilines is 1. The molecule has 3 aromatic heterocycles. The highest BCUT2D eigenvalue weighted by molar-refractivity contribution is 6.01. The highest BCUT2D eigenvalue weighted by Gasteiger charge is 2.28. The van der Waals surface area contributed by atoms with Crippen LogP contribution in [0, 0.1) is 18.6 Å². The van der Waals surface area contributed by atoms with Gasteiger partial charge in [0.15, 0.2) is 0 Å². The van der Waals surface area contributed by atoms with Crippen molar-refractivity contribution in [2.45, 2.75) is 25.7 Å². The molecule has 1 amide bonds. The Morgan fingerprint density at radius 2 is 1.90 bits per heavy atom. The van der Waals surface area contributed by atoms with Crippen molar-refractivity contribution in [3.05, 3.63) is 77.8 Å². The number of carbonyl (C=O) groups is 1. The number of halogens is 2. The Labute approximate surface area is 170 Å². The fourth-order valence-corrected chi connectivity index (χ4v) is 3.49. The molecule has 0 spiro atoms. The van der Waals surface area contributed by atoms with E-state index in [1.54, 1.807) is 6.07 Å². The molecule has 1 aliphatic carbocycles. The highest BCUT2D eigenvalue weighted by atomic mass is 19.1. The van der Waals surface area contributed by atoms with Crippen LogP contribution < -0.4 is 5.32 Å². The first kappa shape index (κ1) is 18.4. The number of aromatic nitrogens is 4. The zero-order valence-electron chi connectivity index (χ0n) is 16.1. The number of carbonyl (C=O) groups excluding carboxylic acids is 1. The van der Waals surface area contributed by atoms with E-state index in [0.29, 0.717) is 17.2 Å². The Balaban J connectivity index is 1.36. The summed E-state index contributed by atoms with van der Waals surface area (Å²) in [4.78, 5) is 25.3. The van der Waals surface area contributed by atoms with Gasteiger partial charge in [-0.05, 0) is 44.0 Å². The van der Waals surface area contributed by atoms with Gasteiger partial charge in [-0.15, -0.1) is 0 Å². The average Bonchev–Trinajstić information content (AvgIpc) is 3.53. The Bertz CT molecular complexity index is 1280. The van der Waals surface area contributed by atoms with Gasteiger partial charge in [-0.1, -0.05) is 0 Å². The van der Waals surface area contributed by atoms with Gasteiger partial charge < -0.3 is 9.72 Å². The van der Waals surface area contributed by atoms with Crippen molar-refractivity contribution >= 4 is 17.2 Å². The molecule has 1 N–H and O–H groups in total. The molecular weight excluding hydrogens is 388 g/mol. The molecular formula is C22H17F2N5O. The van der Waals surface area contributed by atoms with Crippen molar-refractivity contribution in [3.63, 3.8) is 0 Å².